The number of thiazole rings is 1. The maximum Gasteiger partial charge on any atom is 0.297 e. The van der Waals surface area contributed by atoms with E-state index in [4.69, 9.17) is 4.74 Å². The molecule has 0 saturated carbocycles. The van der Waals surface area contributed by atoms with Crippen LogP contribution in [0, 0.1) is 12.8 Å². The van der Waals surface area contributed by atoms with Crippen LogP contribution < -0.4 is 9.64 Å². The van der Waals surface area contributed by atoms with Crippen LogP contribution >= 0.6 is 11.3 Å². The summed E-state index contributed by atoms with van der Waals surface area (Å²) in [4.78, 5) is 32.7. The van der Waals surface area contributed by atoms with Gasteiger partial charge in [0.1, 0.15) is 5.75 Å². The van der Waals surface area contributed by atoms with E-state index in [2.05, 4.69) is 4.98 Å². The number of aliphatic hydroxyl groups excluding tert-OH is 1. The van der Waals surface area contributed by atoms with Crippen molar-refractivity contribution in [2.45, 2.75) is 19.1 Å². The number of hydrogen-bond donors (Lipinski definition) is 1. The van der Waals surface area contributed by atoms with Gasteiger partial charge < -0.3 is 9.84 Å². The summed E-state index contributed by atoms with van der Waals surface area (Å²) in [6, 6.07) is 21.5. The highest BCUT2D eigenvalue weighted by Gasteiger charge is 2.53. The summed E-state index contributed by atoms with van der Waals surface area (Å²) in [7, 11) is 1.56. The van der Waals surface area contributed by atoms with Crippen molar-refractivity contribution in [1.82, 2.24) is 4.98 Å². The van der Waals surface area contributed by atoms with Crippen molar-refractivity contribution in [1.29, 1.82) is 0 Å². The average molecular weight is 459 g/mol. The number of benzene rings is 3. The number of rotatable bonds is 5. The van der Waals surface area contributed by atoms with E-state index in [9.17, 15) is 14.7 Å². The number of methoxy groups -OCH3 is 1. The Morgan fingerprint density at radius 2 is 1.79 bits per heavy atom. The third-order valence-electron chi connectivity index (χ3n) is 6.03. The van der Waals surface area contributed by atoms with Crippen molar-refractivity contribution in [3.05, 3.63) is 89.5 Å². The molecule has 7 heteroatoms. The number of fused-ring (bicyclic) bond motifs is 1. The first-order valence-electron chi connectivity index (χ1n) is 10.6. The highest BCUT2D eigenvalue weighted by Crippen LogP contribution is 2.47. The third kappa shape index (κ3) is 3.69. The molecule has 0 bridgehead atoms. The highest BCUT2D eigenvalue weighted by molar-refractivity contribution is 7.22. The minimum absolute atomic E-state index is 0.431. The first-order chi connectivity index (χ1) is 16.0. The molecular weight excluding hydrogens is 436 g/mol. The van der Waals surface area contributed by atoms with Gasteiger partial charge >= 0.3 is 0 Å². The van der Waals surface area contributed by atoms with Gasteiger partial charge in [0, 0.05) is 0 Å². The standard InChI is InChI=1S/C26H22N2O4S/c1-15-10-12-16(13-11-15)23(29)21-22(17-6-5-7-18(14-17)32-2)28(25(31)24(21)30)26-27-19-8-3-4-9-20(19)33-26/h3-14,21-23,29H,1-2H3. The van der Waals surface area contributed by atoms with Gasteiger partial charge in [-0.2, -0.15) is 0 Å². The molecular formula is C26H22N2O4S. The van der Waals surface area contributed by atoms with Crippen LogP contribution in [0.5, 0.6) is 5.75 Å². The van der Waals surface area contributed by atoms with Gasteiger partial charge in [-0.05, 0) is 42.3 Å². The van der Waals surface area contributed by atoms with Gasteiger partial charge in [-0.25, -0.2) is 4.98 Å². The second-order valence-corrected chi connectivity index (χ2v) is 9.12. The van der Waals surface area contributed by atoms with Gasteiger partial charge in [-0.1, -0.05) is 65.4 Å². The summed E-state index contributed by atoms with van der Waals surface area (Å²) in [6.45, 7) is 1.95. The molecule has 0 radical (unpaired) electrons. The molecule has 3 atom stereocenters. The van der Waals surface area contributed by atoms with Crippen LogP contribution in [0.1, 0.15) is 28.8 Å². The number of carbonyl (C=O) groups excluding carboxylic acids is 2. The molecule has 33 heavy (non-hydrogen) atoms. The normalized spacial score (nSPS) is 19.3. The van der Waals surface area contributed by atoms with Gasteiger partial charge in [0.25, 0.3) is 5.91 Å². The molecule has 5 rings (SSSR count). The number of aryl methyl sites for hydroxylation is 1. The van der Waals surface area contributed by atoms with Gasteiger partial charge in [0.15, 0.2) is 5.13 Å². The molecule has 1 amide bonds. The van der Waals surface area contributed by atoms with Crippen LogP contribution in [0.15, 0.2) is 72.8 Å². The molecule has 3 unspecified atom stereocenters. The minimum Gasteiger partial charge on any atom is -0.497 e. The van der Waals surface area contributed by atoms with Crippen molar-refractivity contribution in [3.63, 3.8) is 0 Å². The lowest BCUT2D eigenvalue weighted by atomic mass is 9.85. The fourth-order valence-electron chi connectivity index (χ4n) is 4.33. The van der Waals surface area contributed by atoms with E-state index in [1.54, 1.807) is 31.4 Å². The lowest BCUT2D eigenvalue weighted by Crippen LogP contribution is -2.30. The van der Waals surface area contributed by atoms with Gasteiger partial charge in [-0.3, -0.25) is 14.5 Å². The molecule has 3 aromatic carbocycles. The van der Waals surface area contributed by atoms with Crippen LogP contribution in [0.3, 0.4) is 0 Å². The molecule has 1 aliphatic heterocycles. The predicted octanol–water partition coefficient (Wildman–Crippen LogP) is 4.62. The Morgan fingerprint density at radius 3 is 2.52 bits per heavy atom. The number of anilines is 1. The first-order valence-corrected chi connectivity index (χ1v) is 11.4. The topological polar surface area (TPSA) is 79.7 Å². The van der Waals surface area contributed by atoms with Crippen LogP contribution in [0.4, 0.5) is 5.13 Å². The van der Waals surface area contributed by atoms with Crippen molar-refractivity contribution in [3.8, 4) is 5.75 Å². The van der Waals surface area contributed by atoms with Gasteiger partial charge in [0.05, 0.1) is 35.4 Å². The Bertz CT molecular complexity index is 1310. The number of aliphatic hydroxyl groups is 1. The first kappa shape index (κ1) is 21.3. The lowest BCUT2D eigenvalue weighted by Gasteiger charge is -2.28. The van der Waals surface area contributed by atoms with E-state index in [1.165, 1.54) is 16.2 Å². The number of carbonyl (C=O) groups is 2. The van der Waals surface area contributed by atoms with Gasteiger partial charge in [0.2, 0.25) is 5.78 Å². The zero-order chi connectivity index (χ0) is 23.1. The Balaban J connectivity index is 1.66. The van der Waals surface area contributed by atoms with E-state index in [-0.39, 0.29) is 0 Å². The Morgan fingerprint density at radius 1 is 1.03 bits per heavy atom. The molecule has 0 aliphatic carbocycles. The molecule has 1 fully saturated rings. The molecule has 6 nitrogen and oxygen atoms in total. The molecule has 4 aromatic rings. The quantitative estimate of drug-likeness (QED) is 0.442. The number of para-hydroxylation sites is 1. The average Bonchev–Trinajstić information content (AvgIpc) is 3.37. The fraction of sp³-hybridized carbons (Fsp3) is 0.192. The van der Waals surface area contributed by atoms with E-state index < -0.39 is 29.8 Å². The number of ether oxygens (including phenoxy) is 1. The van der Waals surface area contributed by atoms with Crippen LogP contribution in [-0.4, -0.2) is 28.9 Å². The summed E-state index contributed by atoms with van der Waals surface area (Å²) in [6.07, 6.45) is -1.15. The van der Waals surface area contributed by atoms with Crippen molar-refractivity contribution in [2.24, 2.45) is 5.92 Å². The van der Waals surface area contributed by atoms with E-state index in [1.807, 2.05) is 55.5 Å². The lowest BCUT2D eigenvalue weighted by molar-refractivity contribution is -0.137. The molecule has 1 aromatic heterocycles. The third-order valence-corrected chi connectivity index (χ3v) is 7.07. The molecule has 1 aliphatic rings. The Kier molecular flexibility index (Phi) is 5.44. The SMILES string of the molecule is COc1cccc(C2C(C(O)c3ccc(C)cc3)C(=O)C(=O)N2c2nc3ccccc3s2)c1. The number of nitrogens with zero attached hydrogens (tertiary/aromatic N) is 2. The largest absolute Gasteiger partial charge is 0.497 e. The zero-order valence-corrected chi connectivity index (χ0v) is 19.0. The number of amides is 1. The summed E-state index contributed by atoms with van der Waals surface area (Å²) < 4.78 is 6.30. The number of aromatic nitrogens is 1. The summed E-state index contributed by atoms with van der Waals surface area (Å²) in [5.74, 6) is -1.68. The highest BCUT2D eigenvalue weighted by atomic mass is 32.1. The zero-order valence-electron chi connectivity index (χ0n) is 18.1. The second-order valence-electron chi connectivity index (χ2n) is 8.11. The maximum absolute atomic E-state index is 13.3. The van der Waals surface area contributed by atoms with Gasteiger partial charge in [-0.15, -0.1) is 0 Å². The summed E-state index contributed by atoms with van der Waals surface area (Å²) >= 11 is 1.35. The minimum atomic E-state index is -1.15. The monoisotopic (exact) mass is 458 g/mol. The Hall–Kier alpha value is -3.55. The number of Topliss-reactive ketones (excluding diaryl/α,β-unsaturated/α-hetero) is 1. The maximum atomic E-state index is 13.3. The Labute approximate surface area is 195 Å². The fourth-order valence-corrected chi connectivity index (χ4v) is 5.33. The smallest absolute Gasteiger partial charge is 0.297 e. The van der Waals surface area contributed by atoms with Crippen LogP contribution in [-0.2, 0) is 9.59 Å². The van der Waals surface area contributed by atoms with E-state index >= 15 is 0 Å². The number of ketones is 1. The van der Waals surface area contributed by atoms with Crippen molar-refractivity contribution < 1.29 is 19.4 Å². The molecule has 2 heterocycles. The van der Waals surface area contributed by atoms with E-state index in [0.29, 0.717) is 22.0 Å². The molecule has 0 spiro atoms. The second kappa shape index (κ2) is 8.42. The molecule has 1 saturated heterocycles. The summed E-state index contributed by atoms with van der Waals surface area (Å²) in [5.41, 5.74) is 3.08. The van der Waals surface area contributed by atoms with Crippen LogP contribution in [0.25, 0.3) is 10.2 Å². The number of hydrogen-bond acceptors (Lipinski definition) is 6. The van der Waals surface area contributed by atoms with Crippen molar-refractivity contribution in [2.75, 3.05) is 12.0 Å². The summed E-state index contributed by atoms with van der Waals surface area (Å²) in [5, 5.41) is 11.7. The van der Waals surface area contributed by atoms with Crippen LogP contribution in [0.2, 0.25) is 0 Å². The molecule has 1 N–H and O–H groups in total. The van der Waals surface area contributed by atoms with Crippen molar-refractivity contribution >= 4 is 38.4 Å². The van der Waals surface area contributed by atoms with E-state index in [0.717, 1.165) is 15.8 Å². The molecule has 166 valence electrons. The predicted molar refractivity (Wildman–Crippen MR) is 127 cm³/mol.